The largest absolute Gasteiger partial charge is 0.480 e. The third-order valence-corrected chi connectivity index (χ3v) is 3.85. The van der Waals surface area contributed by atoms with Crippen molar-refractivity contribution in [3.05, 3.63) is 0 Å². The lowest BCUT2D eigenvalue weighted by molar-refractivity contribution is -0.138. The summed E-state index contributed by atoms with van der Waals surface area (Å²) in [5.41, 5.74) is 5.13. The number of hydrogen-bond donors (Lipinski definition) is 3. The first-order chi connectivity index (χ1) is 7.53. The summed E-state index contributed by atoms with van der Waals surface area (Å²) in [5.74, 6) is -1.97. The van der Waals surface area contributed by atoms with Crippen LogP contribution in [0.25, 0.3) is 0 Å². The molecule has 4 N–H and O–H groups in total. The number of alkyl halides is 3. The van der Waals surface area contributed by atoms with E-state index < -0.39 is 46.5 Å². The van der Waals surface area contributed by atoms with Crippen molar-refractivity contribution in [1.29, 1.82) is 4.78 Å². The van der Waals surface area contributed by atoms with Gasteiger partial charge in [-0.2, -0.15) is 13.2 Å². The molecule has 5 nitrogen and oxygen atoms in total. The molecule has 0 rings (SSSR count). The van der Waals surface area contributed by atoms with Gasteiger partial charge in [-0.15, -0.1) is 0 Å². The summed E-state index contributed by atoms with van der Waals surface area (Å²) in [5, 5.41) is 8.43. The van der Waals surface area contributed by atoms with Gasteiger partial charge in [0.05, 0.1) is 0 Å². The number of carboxylic acids is 1. The lowest BCUT2D eigenvalue weighted by Crippen LogP contribution is -2.32. The van der Waals surface area contributed by atoms with Crippen LogP contribution in [0, 0.1) is 4.78 Å². The van der Waals surface area contributed by atoms with Gasteiger partial charge in [-0.1, -0.05) is 0 Å². The molecule has 0 spiro atoms. The Morgan fingerprint density at radius 1 is 1.41 bits per heavy atom. The molecule has 2 atom stereocenters. The van der Waals surface area contributed by atoms with E-state index in [2.05, 4.69) is 0 Å². The van der Waals surface area contributed by atoms with Gasteiger partial charge >= 0.3 is 12.1 Å². The van der Waals surface area contributed by atoms with Gasteiger partial charge in [-0.3, -0.25) is 9.57 Å². The molecule has 0 aliphatic rings. The Kier molecular flexibility index (Phi) is 5.89. The Labute approximate surface area is 97.2 Å². The first-order valence-corrected chi connectivity index (χ1v) is 6.72. The predicted octanol–water partition coefficient (Wildman–Crippen LogP) is 1.18. The van der Waals surface area contributed by atoms with Gasteiger partial charge in [0.25, 0.3) is 0 Å². The zero-order chi connectivity index (χ0) is 13.7. The molecule has 0 aromatic rings. The number of hydrogen-bond acceptors (Lipinski definition) is 4. The lowest BCUT2D eigenvalue weighted by Gasteiger charge is -2.10. The number of nitrogens with two attached hydrogens (primary N) is 1. The van der Waals surface area contributed by atoms with E-state index in [0.29, 0.717) is 0 Å². The highest BCUT2D eigenvalue weighted by Crippen LogP contribution is 2.21. The van der Waals surface area contributed by atoms with Crippen LogP contribution in [-0.4, -0.2) is 39.0 Å². The predicted molar refractivity (Wildman–Crippen MR) is 56.1 cm³/mol. The zero-order valence-electron chi connectivity index (χ0n) is 9.00. The second-order valence-electron chi connectivity index (χ2n) is 3.67. The molecule has 0 aromatic carbocycles. The number of carboxylic acid groups (broad SMARTS) is 1. The van der Waals surface area contributed by atoms with E-state index >= 15 is 0 Å². The molecule has 0 fully saturated rings. The molecular formula is C8H15F3N2O3S. The van der Waals surface area contributed by atoms with E-state index in [9.17, 15) is 22.2 Å². The maximum Gasteiger partial charge on any atom is 0.389 e. The topological polar surface area (TPSA) is 104 Å². The minimum atomic E-state index is -4.33. The molecule has 0 heterocycles. The molecular weight excluding hydrogens is 261 g/mol. The van der Waals surface area contributed by atoms with E-state index in [1.54, 1.807) is 0 Å². The van der Waals surface area contributed by atoms with Crippen molar-refractivity contribution in [2.45, 2.75) is 31.5 Å². The summed E-state index contributed by atoms with van der Waals surface area (Å²) < 4.78 is 54.1. The van der Waals surface area contributed by atoms with Gasteiger partial charge in [-0.05, 0) is 12.8 Å². The monoisotopic (exact) mass is 276 g/mol. The number of nitrogens with one attached hydrogen (secondary N) is 1. The second-order valence-corrected chi connectivity index (χ2v) is 6.11. The van der Waals surface area contributed by atoms with Crippen LogP contribution in [-0.2, 0) is 14.5 Å². The second kappa shape index (κ2) is 6.20. The number of rotatable bonds is 7. The van der Waals surface area contributed by atoms with Crippen molar-refractivity contribution in [3.63, 3.8) is 0 Å². The van der Waals surface area contributed by atoms with Crippen LogP contribution in [0.3, 0.4) is 0 Å². The van der Waals surface area contributed by atoms with Crippen molar-refractivity contribution in [2.24, 2.45) is 5.73 Å². The van der Waals surface area contributed by atoms with Gasteiger partial charge in [0, 0.05) is 27.7 Å². The first kappa shape index (κ1) is 16.2. The number of halogens is 3. The quantitative estimate of drug-likeness (QED) is 0.649. The molecule has 0 radical (unpaired) electrons. The maximum atomic E-state index is 11.8. The minimum absolute atomic E-state index is 0.177. The molecule has 0 aliphatic carbocycles. The first-order valence-electron chi connectivity index (χ1n) is 4.83. The SMILES string of the molecule is N=[S@](=O)(CCCC(F)(F)F)CC[C@H](N)C(=O)O. The van der Waals surface area contributed by atoms with E-state index in [0.717, 1.165) is 0 Å². The highest BCUT2D eigenvalue weighted by Gasteiger charge is 2.27. The third-order valence-electron chi connectivity index (χ3n) is 2.01. The Bertz CT molecular complexity index is 354. The van der Waals surface area contributed by atoms with Crippen LogP contribution in [0.5, 0.6) is 0 Å². The number of aliphatic carboxylic acids is 1. The van der Waals surface area contributed by atoms with Gasteiger partial charge in [0.1, 0.15) is 6.04 Å². The van der Waals surface area contributed by atoms with E-state index in [1.807, 2.05) is 0 Å². The van der Waals surface area contributed by atoms with Gasteiger partial charge in [0.15, 0.2) is 0 Å². The molecule has 0 amide bonds. The molecule has 102 valence electrons. The Balaban J connectivity index is 4.01. The summed E-state index contributed by atoms with van der Waals surface area (Å²) in [4.78, 5) is 10.3. The minimum Gasteiger partial charge on any atom is -0.480 e. The van der Waals surface area contributed by atoms with Gasteiger partial charge in [-0.25, -0.2) is 4.21 Å². The fourth-order valence-electron chi connectivity index (χ4n) is 1.05. The van der Waals surface area contributed by atoms with Crippen molar-refractivity contribution in [1.82, 2.24) is 0 Å². The lowest BCUT2D eigenvalue weighted by atomic mass is 10.2. The van der Waals surface area contributed by atoms with Gasteiger partial charge in [0.2, 0.25) is 0 Å². The molecule has 0 saturated carbocycles. The van der Waals surface area contributed by atoms with E-state index in [1.165, 1.54) is 0 Å². The molecule has 0 aliphatic heterocycles. The van der Waals surface area contributed by atoms with Crippen LogP contribution in [0.4, 0.5) is 13.2 Å². The fourth-order valence-corrected chi connectivity index (χ4v) is 2.50. The Morgan fingerprint density at radius 3 is 2.35 bits per heavy atom. The highest BCUT2D eigenvalue weighted by molar-refractivity contribution is 7.92. The third kappa shape index (κ3) is 8.93. The van der Waals surface area contributed by atoms with Crippen LogP contribution in [0.15, 0.2) is 0 Å². The molecule has 9 heteroatoms. The number of carbonyl (C=O) groups is 1. The average Bonchev–Trinajstić information content (AvgIpc) is 2.11. The van der Waals surface area contributed by atoms with Crippen LogP contribution in [0.1, 0.15) is 19.3 Å². The summed E-state index contributed by atoms with van der Waals surface area (Å²) in [7, 11) is -3.18. The summed E-state index contributed by atoms with van der Waals surface area (Å²) in [6.45, 7) is 0. The normalized spacial score (nSPS) is 17.4. The summed E-state index contributed by atoms with van der Waals surface area (Å²) in [6.07, 6.45) is -5.99. The maximum absolute atomic E-state index is 11.8. The van der Waals surface area contributed by atoms with E-state index in [4.69, 9.17) is 15.6 Å². The zero-order valence-corrected chi connectivity index (χ0v) is 9.81. The fraction of sp³-hybridized carbons (Fsp3) is 0.875. The molecule has 17 heavy (non-hydrogen) atoms. The molecule has 0 bridgehead atoms. The summed E-state index contributed by atoms with van der Waals surface area (Å²) in [6, 6.07) is -1.23. The standard InChI is InChI=1S/C8H15F3N2O3S/c9-8(10,11)3-1-4-17(13,16)5-2-6(12)7(14)15/h6,13H,1-5,12H2,(H,14,15)/t6-,17-/m0/s1. The average molecular weight is 276 g/mol. The van der Waals surface area contributed by atoms with Gasteiger partial charge < -0.3 is 10.8 Å². The van der Waals surface area contributed by atoms with Crippen molar-refractivity contribution < 1.29 is 27.3 Å². The summed E-state index contributed by atoms with van der Waals surface area (Å²) >= 11 is 0. The molecule has 0 unspecified atom stereocenters. The van der Waals surface area contributed by atoms with Crippen molar-refractivity contribution in [2.75, 3.05) is 11.5 Å². The van der Waals surface area contributed by atoms with Crippen LogP contribution >= 0.6 is 0 Å². The molecule has 0 aromatic heterocycles. The van der Waals surface area contributed by atoms with Crippen LogP contribution in [0.2, 0.25) is 0 Å². The Hall–Kier alpha value is -0.830. The van der Waals surface area contributed by atoms with E-state index in [-0.39, 0.29) is 12.2 Å². The van der Waals surface area contributed by atoms with Crippen molar-refractivity contribution in [3.8, 4) is 0 Å². The van der Waals surface area contributed by atoms with Crippen LogP contribution < -0.4 is 5.73 Å². The highest BCUT2D eigenvalue weighted by atomic mass is 32.2. The molecule has 0 saturated heterocycles. The smallest absolute Gasteiger partial charge is 0.389 e. The Morgan fingerprint density at radius 2 is 1.94 bits per heavy atom. The van der Waals surface area contributed by atoms with Crippen molar-refractivity contribution >= 4 is 15.7 Å².